The van der Waals surface area contributed by atoms with Gasteiger partial charge < -0.3 is 0 Å². The van der Waals surface area contributed by atoms with Crippen LogP contribution in [0.1, 0.15) is 0 Å². The summed E-state index contributed by atoms with van der Waals surface area (Å²) in [5.74, 6) is 0. The van der Waals surface area contributed by atoms with Crippen molar-refractivity contribution in [1.82, 2.24) is 14.6 Å². The summed E-state index contributed by atoms with van der Waals surface area (Å²) in [6, 6.07) is 21.0. The van der Waals surface area contributed by atoms with E-state index >= 15 is 0 Å². The number of nitrogens with one attached hydrogen (secondary N) is 1. The van der Waals surface area contributed by atoms with Crippen molar-refractivity contribution in [2.24, 2.45) is 0 Å². The number of benzene rings is 2. The fourth-order valence-electron chi connectivity index (χ4n) is 2.53. The van der Waals surface area contributed by atoms with Gasteiger partial charge in [-0.05, 0) is 17.7 Å². The van der Waals surface area contributed by atoms with Crippen LogP contribution in [0.5, 0.6) is 0 Å². The zero-order valence-corrected chi connectivity index (χ0v) is 13.6. The van der Waals surface area contributed by atoms with Crippen LogP contribution in [0.4, 0.5) is 0 Å². The summed E-state index contributed by atoms with van der Waals surface area (Å²) in [5, 5.41) is 3.10. The zero-order chi connectivity index (χ0) is 15.8. The van der Waals surface area contributed by atoms with Gasteiger partial charge in [0.2, 0.25) is 0 Å². The quantitative estimate of drug-likeness (QED) is 0.580. The zero-order valence-electron chi connectivity index (χ0n) is 12.0. The van der Waals surface area contributed by atoms with E-state index in [4.69, 9.17) is 0 Å². The largest absolute Gasteiger partial charge is 0.289 e. The normalized spacial score (nSPS) is 11.0. The van der Waals surface area contributed by atoms with Crippen molar-refractivity contribution in [2.75, 3.05) is 0 Å². The minimum Gasteiger partial charge on any atom is -0.289 e. The lowest BCUT2D eigenvalue weighted by Gasteiger charge is -2.00. The van der Waals surface area contributed by atoms with E-state index < -0.39 is 0 Å². The molecule has 0 aliphatic heterocycles. The van der Waals surface area contributed by atoms with E-state index in [9.17, 15) is 4.79 Å². The second kappa shape index (κ2) is 5.52. The third-order valence-corrected chi connectivity index (χ3v) is 4.20. The number of halogens is 1. The van der Waals surface area contributed by atoms with Crippen LogP contribution in [-0.2, 0) is 0 Å². The Morgan fingerprint density at radius 1 is 0.913 bits per heavy atom. The van der Waals surface area contributed by atoms with Crippen LogP contribution in [0, 0.1) is 0 Å². The molecule has 0 saturated heterocycles. The van der Waals surface area contributed by atoms with Gasteiger partial charge in [-0.2, -0.15) is 0 Å². The van der Waals surface area contributed by atoms with Crippen LogP contribution < -0.4 is 5.56 Å². The van der Waals surface area contributed by atoms with Crippen LogP contribution >= 0.6 is 15.9 Å². The van der Waals surface area contributed by atoms with Gasteiger partial charge in [-0.1, -0.05) is 58.4 Å². The first-order valence-corrected chi connectivity index (χ1v) is 7.94. The van der Waals surface area contributed by atoms with Crippen LogP contribution in [0.2, 0.25) is 0 Å². The van der Waals surface area contributed by atoms with E-state index in [2.05, 4.69) is 26.0 Å². The second-order valence-electron chi connectivity index (χ2n) is 5.22. The molecule has 1 N–H and O–H groups in total. The summed E-state index contributed by atoms with van der Waals surface area (Å²) in [4.78, 5) is 16.9. The number of rotatable bonds is 2. The molecule has 0 bridgehead atoms. The standard InChI is InChI=1S/C18H12BrN3O/c19-14-8-6-13(7-9-14)16-10-17-20-15(11-18(23)22(17)21-16)12-4-2-1-3-5-12/h1-11,21H. The molecule has 5 heteroatoms. The maximum atomic E-state index is 12.4. The molecule has 0 saturated carbocycles. The molecular formula is C18H12BrN3O. The first-order chi connectivity index (χ1) is 11.2. The highest BCUT2D eigenvalue weighted by Gasteiger charge is 2.09. The number of hydrogen-bond donors (Lipinski definition) is 1. The first kappa shape index (κ1) is 14.0. The smallest absolute Gasteiger partial charge is 0.273 e. The summed E-state index contributed by atoms with van der Waals surface area (Å²) >= 11 is 3.42. The van der Waals surface area contributed by atoms with Gasteiger partial charge in [-0.3, -0.25) is 9.89 Å². The molecule has 0 atom stereocenters. The Bertz CT molecular complexity index is 1030. The van der Waals surface area contributed by atoms with Crippen molar-refractivity contribution in [3.8, 4) is 22.5 Å². The van der Waals surface area contributed by atoms with Crippen molar-refractivity contribution < 1.29 is 0 Å². The van der Waals surface area contributed by atoms with Crippen LogP contribution in [-0.4, -0.2) is 14.6 Å². The number of aromatic nitrogens is 3. The number of fused-ring (bicyclic) bond motifs is 1. The average molecular weight is 366 g/mol. The van der Waals surface area contributed by atoms with Crippen molar-refractivity contribution >= 4 is 21.6 Å². The van der Waals surface area contributed by atoms with E-state index in [0.29, 0.717) is 11.3 Å². The molecule has 0 spiro atoms. The molecule has 0 radical (unpaired) electrons. The number of H-pyrrole nitrogens is 1. The number of nitrogens with zero attached hydrogens (tertiary/aromatic N) is 2. The predicted molar refractivity (Wildman–Crippen MR) is 94.4 cm³/mol. The Hall–Kier alpha value is -2.66. The lowest BCUT2D eigenvalue weighted by atomic mass is 10.1. The predicted octanol–water partition coefficient (Wildman–Crippen LogP) is 4.12. The molecule has 0 unspecified atom stereocenters. The van der Waals surface area contributed by atoms with Gasteiger partial charge in [0.25, 0.3) is 5.56 Å². The van der Waals surface area contributed by atoms with Gasteiger partial charge in [0.15, 0.2) is 5.65 Å². The Kier molecular flexibility index (Phi) is 3.35. The summed E-state index contributed by atoms with van der Waals surface area (Å²) in [5.41, 5.74) is 3.94. The van der Waals surface area contributed by atoms with Gasteiger partial charge in [0, 0.05) is 22.2 Å². The molecular weight excluding hydrogens is 354 g/mol. The van der Waals surface area contributed by atoms with E-state index in [1.54, 1.807) is 6.07 Å². The SMILES string of the molecule is O=c1cc(-c2ccccc2)nc2cc(-c3ccc(Br)cc3)[nH]n12. The van der Waals surface area contributed by atoms with Gasteiger partial charge in [0.05, 0.1) is 11.4 Å². The van der Waals surface area contributed by atoms with E-state index in [1.165, 1.54) is 4.52 Å². The molecule has 4 rings (SSSR count). The molecule has 4 nitrogen and oxygen atoms in total. The monoisotopic (exact) mass is 365 g/mol. The molecule has 2 aromatic heterocycles. The lowest BCUT2D eigenvalue weighted by molar-refractivity contribution is 0.904. The maximum Gasteiger partial charge on any atom is 0.273 e. The summed E-state index contributed by atoms with van der Waals surface area (Å²) in [7, 11) is 0. The molecule has 112 valence electrons. The van der Waals surface area contributed by atoms with Gasteiger partial charge in [-0.15, -0.1) is 0 Å². The Labute approximate surface area is 140 Å². The van der Waals surface area contributed by atoms with Crippen molar-refractivity contribution in [3.63, 3.8) is 0 Å². The Morgan fingerprint density at radius 3 is 2.39 bits per heavy atom. The minimum absolute atomic E-state index is 0.128. The minimum atomic E-state index is -0.128. The summed E-state index contributed by atoms with van der Waals surface area (Å²) in [6.45, 7) is 0. The molecule has 23 heavy (non-hydrogen) atoms. The third kappa shape index (κ3) is 2.59. The molecule has 2 heterocycles. The third-order valence-electron chi connectivity index (χ3n) is 3.68. The molecule has 0 aliphatic carbocycles. The van der Waals surface area contributed by atoms with Crippen LogP contribution in [0.25, 0.3) is 28.2 Å². The average Bonchev–Trinajstić information content (AvgIpc) is 3.01. The fraction of sp³-hybridized carbons (Fsp3) is 0. The van der Waals surface area contributed by atoms with E-state index in [1.807, 2.05) is 60.7 Å². The van der Waals surface area contributed by atoms with Crippen molar-refractivity contribution in [3.05, 3.63) is 81.6 Å². The first-order valence-electron chi connectivity index (χ1n) is 7.15. The topological polar surface area (TPSA) is 50.2 Å². The highest BCUT2D eigenvalue weighted by molar-refractivity contribution is 9.10. The van der Waals surface area contributed by atoms with Gasteiger partial charge in [0.1, 0.15) is 0 Å². The van der Waals surface area contributed by atoms with E-state index in [0.717, 1.165) is 21.3 Å². The summed E-state index contributed by atoms with van der Waals surface area (Å²) in [6.07, 6.45) is 0. The lowest BCUT2D eigenvalue weighted by Crippen LogP contribution is -2.14. The maximum absolute atomic E-state index is 12.4. The molecule has 0 aliphatic rings. The molecule has 0 fully saturated rings. The van der Waals surface area contributed by atoms with E-state index in [-0.39, 0.29) is 5.56 Å². The highest BCUT2D eigenvalue weighted by atomic mass is 79.9. The molecule has 4 aromatic rings. The van der Waals surface area contributed by atoms with Crippen molar-refractivity contribution in [1.29, 1.82) is 0 Å². The Balaban J connectivity index is 1.87. The van der Waals surface area contributed by atoms with Crippen molar-refractivity contribution in [2.45, 2.75) is 0 Å². The van der Waals surface area contributed by atoms with Crippen LogP contribution in [0.15, 0.2) is 76.0 Å². The van der Waals surface area contributed by atoms with Crippen LogP contribution in [0.3, 0.4) is 0 Å². The summed E-state index contributed by atoms with van der Waals surface area (Å²) < 4.78 is 2.48. The van der Waals surface area contributed by atoms with Gasteiger partial charge >= 0.3 is 0 Å². The number of hydrogen-bond acceptors (Lipinski definition) is 2. The Morgan fingerprint density at radius 2 is 1.65 bits per heavy atom. The number of aromatic amines is 1. The highest BCUT2D eigenvalue weighted by Crippen LogP contribution is 2.22. The second-order valence-corrected chi connectivity index (χ2v) is 6.13. The molecule has 2 aromatic carbocycles. The fourth-order valence-corrected chi connectivity index (χ4v) is 2.79. The molecule has 0 amide bonds. The van der Waals surface area contributed by atoms with Gasteiger partial charge in [-0.25, -0.2) is 9.50 Å².